The standard InChI is InChI=1S/C31H35F2N5O3/c32-24(33)21-14-22(15-21)28(39)38(23-3-1-2-20(16-23)27-35-34-25(40-27)18-4-5-18)17-30-8-11-31(12-9-30,13-10-30)29-37-36-26(41-29)19-6-7-19/h1-3,16,18-19,21-22,24H,4-15,17H2. The maximum atomic E-state index is 13.9. The van der Waals surface area contributed by atoms with Crippen molar-refractivity contribution in [1.82, 2.24) is 20.4 Å². The van der Waals surface area contributed by atoms with Gasteiger partial charge in [0, 0.05) is 46.9 Å². The van der Waals surface area contributed by atoms with Crippen LogP contribution in [-0.2, 0) is 10.2 Å². The summed E-state index contributed by atoms with van der Waals surface area (Å²) in [4.78, 5) is 15.8. The molecule has 0 atom stereocenters. The number of anilines is 1. The Bertz CT molecular complexity index is 1430. The zero-order valence-corrected chi connectivity index (χ0v) is 23.1. The van der Waals surface area contributed by atoms with Crippen molar-refractivity contribution in [2.45, 2.75) is 101 Å². The SMILES string of the molecule is O=C(C1CC(C(F)F)C1)N(CC12CCC(c3nnc(C4CC4)o3)(CC1)CC2)c1cccc(-c2nnc(C3CC3)o2)c1. The van der Waals surface area contributed by atoms with Crippen molar-refractivity contribution in [3.63, 3.8) is 0 Å². The first-order valence-electron chi connectivity index (χ1n) is 15.3. The van der Waals surface area contributed by atoms with E-state index in [1.807, 2.05) is 29.2 Å². The fraction of sp³-hybridized carbons (Fsp3) is 0.645. The van der Waals surface area contributed by atoms with Gasteiger partial charge in [0.05, 0.1) is 0 Å². The molecule has 6 aliphatic rings. The number of alkyl halides is 2. The van der Waals surface area contributed by atoms with E-state index >= 15 is 0 Å². The zero-order valence-electron chi connectivity index (χ0n) is 23.1. The van der Waals surface area contributed by atoms with Crippen LogP contribution in [0.1, 0.15) is 107 Å². The summed E-state index contributed by atoms with van der Waals surface area (Å²) < 4.78 is 38.7. The molecule has 0 spiro atoms. The summed E-state index contributed by atoms with van der Waals surface area (Å²) in [5.74, 6) is 2.40. The Morgan fingerprint density at radius 3 is 2.22 bits per heavy atom. The molecular weight excluding hydrogens is 528 g/mol. The van der Waals surface area contributed by atoms with Gasteiger partial charge in [0.2, 0.25) is 35.9 Å². The summed E-state index contributed by atoms with van der Waals surface area (Å²) in [6, 6.07) is 7.70. The second-order valence-electron chi connectivity index (χ2n) is 13.5. The van der Waals surface area contributed by atoms with E-state index < -0.39 is 12.3 Å². The Morgan fingerprint density at radius 2 is 1.56 bits per heavy atom. The predicted octanol–water partition coefficient (Wildman–Crippen LogP) is 6.79. The molecule has 3 aromatic rings. The number of carbonyl (C=O) groups excluding carboxylic acids is 1. The number of fused-ring (bicyclic) bond motifs is 3. The van der Waals surface area contributed by atoms with Gasteiger partial charge in [-0.15, -0.1) is 20.4 Å². The molecule has 0 aliphatic heterocycles. The van der Waals surface area contributed by atoms with E-state index in [1.165, 1.54) is 0 Å². The van der Waals surface area contributed by atoms with Crippen LogP contribution < -0.4 is 4.90 Å². The van der Waals surface area contributed by atoms with Crippen LogP contribution in [-0.4, -0.2) is 39.3 Å². The highest BCUT2D eigenvalue weighted by Crippen LogP contribution is 2.58. The van der Waals surface area contributed by atoms with Gasteiger partial charge in [0.25, 0.3) is 0 Å². The fourth-order valence-electron chi connectivity index (χ4n) is 7.34. The number of hydrogen-bond acceptors (Lipinski definition) is 7. The zero-order chi connectivity index (χ0) is 27.8. The molecule has 6 saturated carbocycles. The molecule has 216 valence electrons. The molecule has 0 saturated heterocycles. The molecule has 2 bridgehead atoms. The molecule has 9 rings (SSSR count). The van der Waals surface area contributed by atoms with E-state index in [2.05, 4.69) is 20.4 Å². The van der Waals surface area contributed by atoms with Gasteiger partial charge in [-0.3, -0.25) is 4.79 Å². The Labute approximate surface area is 237 Å². The minimum atomic E-state index is -2.37. The van der Waals surface area contributed by atoms with Crippen molar-refractivity contribution in [2.75, 3.05) is 11.4 Å². The number of hydrogen-bond donors (Lipinski definition) is 0. The van der Waals surface area contributed by atoms with Crippen LogP contribution in [0.15, 0.2) is 33.1 Å². The molecule has 0 unspecified atom stereocenters. The molecule has 41 heavy (non-hydrogen) atoms. The second-order valence-corrected chi connectivity index (χ2v) is 13.5. The number of rotatable bonds is 9. The molecule has 1 aromatic carbocycles. The molecule has 0 radical (unpaired) electrons. The van der Waals surface area contributed by atoms with Crippen molar-refractivity contribution in [3.05, 3.63) is 41.9 Å². The minimum absolute atomic E-state index is 0.0255. The third-order valence-electron chi connectivity index (χ3n) is 10.6. The molecule has 10 heteroatoms. The first-order valence-corrected chi connectivity index (χ1v) is 15.3. The normalized spacial score (nSPS) is 30.9. The van der Waals surface area contributed by atoms with Gasteiger partial charge in [0.1, 0.15) is 0 Å². The minimum Gasteiger partial charge on any atom is -0.424 e. The molecule has 2 aromatic heterocycles. The van der Waals surface area contributed by atoms with Crippen molar-refractivity contribution in [1.29, 1.82) is 0 Å². The number of benzene rings is 1. The van der Waals surface area contributed by atoms with Gasteiger partial charge in [-0.05, 0) is 101 Å². The molecule has 0 N–H and O–H groups in total. The molecule has 2 heterocycles. The van der Waals surface area contributed by atoms with Crippen molar-refractivity contribution in [2.24, 2.45) is 17.3 Å². The lowest BCUT2D eigenvalue weighted by atomic mass is 9.53. The van der Waals surface area contributed by atoms with E-state index in [4.69, 9.17) is 8.83 Å². The van der Waals surface area contributed by atoms with E-state index in [-0.39, 0.29) is 35.5 Å². The Balaban J connectivity index is 1.04. The number of nitrogens with zero attached hydrogens (tertiary/aromatic N) is 5. The number of halogens is 2. The summed E-state index contributed by atoms with van der Waals surface area (Å²) in [6.07, 6.45) is 8.33. The average molecular weight is 564 g/mol. The van der Waals surface area contributed by atoms with Gasteiger partial charge in [-0.2, -0.15) is 0 Å². The lowest BCUT2D eigenvalue weighted by Gasteiger charge is -2.53. The lowest BCUT2D eigenvalue weighted by molar-refractivity contribution is -0.129. The largest absolute Gasteiger partial charge is 0.424 e. The van der Waals surface area contributed by atoms with E-state index in [9.17, 15) is 13.6 Å². The van der Waals surface area contributed by atoms with Gasteiger partial charge >= 0.3 is 0 Å². The Morgan fingerprint density at radius 1 is 0.902 bits per heavy atom. The molecule has 6 fully saturated rings. The number of carbonyl (C=O) groups is 1. The highest BCUT2D eigenvalue weighted by Gasteiger charge is 2.53. The summed E-state index contributed by atoms with van der Waals surface area (Å²) in [6.45, 7) is 0.579. The van der Waals surface area contributed by atoms with Crippen LogP contribution in [0.2, 0.25) is 0 Å². The quantitative estimate of drug-likeness (QED) is 0.283. The van der Waals surface area contributed by atoms with Crippen LogP contribution in [0.5, 0.6) is 0 Å². The molecular formula is C31H35F2N5O3. The highest BCUT2D eigenvalue weighted by molar-refractivity contribution is 5.96. The van der Waals surface area contributed by atoms with Gasteiger partial charge in [0.15, 0.2) is 0 Å². The van der Waals surface area contributed by atoms with Crippen LogP contribution in [0.25, 0.3) is 11.5 Å². The van der Waals surface area contributed by atoms with Crippen LogP contribution in [0.4, 0.5) is 14.5 Å². The third kappa shape index (κ3) is 4.57. The first kappa shape index (κ1) is 25.5. The van der Waals surface area contributed by atoms with Crippen molar-refractivity contribution >= 4 is 11.6 Å². The molecule has 6 aliphatic carbocycles. The van der Waals surface area contributed by atoms with Gasteiger partial charge in [-0.25, -0.2) is 8.78 Å². The van der Waals surface area contributed by atoms with Crippen LogP contribution in [0.3, 0.4) is 0 Å². The Hall–Kier alpha value is -3.17. The van der Waals surface area contributed by atoms with Crippen molar-refractivity contribution < 1.29 is 22.4 Å². The third-order valence-corrected chi connectivity index (χ3v) is 10.6. The van der Waals surface area contributed by atoms with Crippen LogP contribution >= 0.6 is 0 Å². The maximum absolute atomic E-state index is 13.9. The smallest absolute Gasteiger partial charge is 0.247 e. The lowest BCUT2D eigenvalue weighted by Crippen LogP contribution is -2.53. The van der Waals surface area contributed by atoms with Gasteiger partial charge in [-0.1, -0.05) is 6.07 Å². The molecule has 1 amide bonds. The first-order chi connectivity index (χ1) is 19.9. The van der Waals surface area contributed by atoms with E-state index in [0.717, 1.165) is 87.2 Å². The summed E-state index contributed by atoms with van der Waals surface area (Å²) >= 11 is 0. The van der Waals surface area contributed by atoms with E-state index in [0.29, 0.717) is 30.2 Å². The summed E-state index contributed by atoms with van der Waals surface area (Å²) in [5, 5.41) is 17.3. The molecule has 8 nitrogen and oxygen atoms in total. The number of amides is 1. The summed E-state index contributed by atoms with van der Waals surface area (Å²) in [5.41, 5.74) is 1.45. The summed E-state index contributed by atoms with van der Waals surface area (Å²) in [7, 11) is 0. The van der Waals surface area contributed by atoms with E-state index in [1.54, 1.807) is 0 Å². The van der Waals surface area contributed by atoms with Crippen LogP contribution in [0, 0.1) is 17.3 Å². The maximum Gasteiger partial charge on any atom is 0.247 e. The monoisotopic (exact) mass is 563 g/mol. The average Bonchev–Trinajstić information content (AvgIpc) is 3.90. The van der Waals surface area contributed by atoms with Gasteiger partial charge < -0.3 is 13.7 Å². The predicted molar refractivity (Wildman–Crippen MR) is 144 cm³/mol. The Kier molecular flexibility index (Phi) is 5.87. The fourth-order valence-corrected chi connectivity index (χ4v) is 7.34. The van der Waals surface area contributed by atoms with Crippen molar-refractivity contribution in [3.8, 4) is 11.5 Å². The topological polar surface area (TPSA) is 98.2 Å². The second kappa shape index (κ2) is 9.42. The number of aromatic nitrogens is 4. The highest BCUT2D eigenvalue weighted by atomic mass is 19.3.